The Kier molecular flexibility index (Phi) is 5.76. The molecular formula is C26H23ClN2O3. The molecule has 0 aromatic heterocycles. The van der Waals surface area contributed by atoms with Crippen molar-refractivity contribution in [1.29, 1.82) is 0 Å². The number of rotatable bonds is 5. The number of aryl methyl sites for hydroxylation is 3. The third kappa shape index (κ3) is 3.87. The summed E-state index contributed by atoms with van der Waals surface area (Å²) in [6.45, 7) is 5.73. The number of halogens is 1. The first kappa shape index (κ1) is 21.7. The fraction of sp³-hybridized carbons (Fsp3) is 0.154. The molecule has 0 saturated heterocycles. The lowest BCUT2D eigenvalue weighted by Crippen LogP contribution is -2.33. The van der Waals surface area contributed by atoms with Gasteiger partial charge in [0.05, 0.1) is 18.4 Å². The van der Waals surface area contributed by atoms with Crippen molar-refractivity contribution in [3.63, 3.8) is 0 Å². The van der Waals surface area contributed by atoms with Crippen LogP contribution in [0.2, 0.25) is 5.02 Å². The zero-order valence-corrected chi connectivity index (χ0v) is 19.1. The van der Waals surface area contributed by atoms with Gasteiger partial charge in [0.2, 0.25) is 0 Å². The number of hydrogen-bond donors (Lipinski definition) is 1. The lowest BCUT2D eigenvalue weighted by Gasteiger charge is -2.18. The number of carbonyl (C=O) groups excluding carboxylic acids is 2. The Bertz CT molecular complexity index is 1260. The van der Waals surface area contributed by atoms with Crippen molar-refractivity contribution in [2.45, 2.75) is 20.8 Å². The van der Waals surface area contributed by atoms with E-state index < -0.39 is 5.91 Å². The Hall–Kier alpha value is -3.57. The van der Waals surface area contributed by atoms with Crippen LogP contribution in [0.1, 0.15) is 22.3 Å². The smallest absolute Gasteiger partial charge is 0.282 e. The van der Waals surface area contributed by atoms with Gasteiger partial charge in [0.15, 0.2) is 0 Å². The van der Waals surface area contributed by atoms with Gasteiger partial charge in [-0.15, -0.1) is 0 Å². The molecule has 0 atom stereocenters. The second-order valence-electron chi connectivity index (χ2n) is 7.80. The average molecular weight is 447 g/mol. The molecule has 1 aliphatic heterocycles. The van der Waals surface area contributed by atoms with Gasteiger partial charge in [0.1, 0.15) is 11.4 Å². The first-order valence-corrected chi connectivity index (χ1v) is 10.6. The number of ether oxygens (including phenoxy) is 1. The fourth-order valence-corrected chi connectivity index (χ4v) is 3.89. The minimum atomic E-state index is -0.408. The Morgan fingerprint density at radius 1 is 0.844 bits per heavy atom. The number of amides is 2. The van der Waals surface area contributed by atoms with Gasteiger partial charge in [-0.25, -0.2) is 4.90 Å². The predicted molar refractivity (Wildman–Crippen MR) is 128 cm³/mol. The summed E-state index contributed by atoms with van der Waals surface area (Å²) >= 11 is 6.18. The maximum atomic E-state index is 13.6. The van der Waals surface area contributed by atoms with E-state index in [1.165, 1.54) is 4.90 Å². The molecule has 0 unspecified atom stereocenters. The molecule has 6 heteroatoms. The standard InChI is InChI=1S/C26H23ClN2O3/c1-15-5-6-17(3)22(13-15)29-25(30)23(18-8-11-20(32-4)12-9-18)24(26(29)31)28-21-14-19(27)10-7-16(21)2/h5-14,28H,1-4H3. The van der Waals surface area contributed by atoms with E-state index in [0.29, 0.717) is 33.3 Å². The molecule has 0 aliphatic carbocycles. The molecule has 0 spiro atoms. The third-order valence-corrected chi connectivity index (χ3v) is 5.76. The lowest BCUT2D eigenvalue weighted by molar-refractivity contribution is -0.120. The molecular weight excluding hydrogens is 424 g/mol. The molecule has 0 fully saturated rings. The van der Waals surface area contributed by atoms with E-state index in [9.17, 15) is 9.59 Å². The Labute approximate surface area is 192 Å². The summed E-state index contributed by atoms with van der Waals surface area (Å²) in [5.74, 6) is -0.123. The van der Waals surface area contributed by atoms with Gasteiger partial charge in [0.25, 0.3) is 11.8 Å². The molecule has 162 valence electrons. The van der Waals surface area contributed by atoms with Gasteiger partial charge in [-0.2, -0.15) is 0 Å². The van der Waals surface area contributed by atoms with E-state index in [0.717, 1.165) is 16.7 Å². The number of methoxy groups -OCH3 is 1. The topological polar surface area (TPSA) is 58.6 Å². The number of benzene rings is 3. The molecule has 32 heavy (non-hydrogen) atoms. The van der Waals surface area contributed by atoms with E-state index in [4.69, 9.17) is 16.3 Å². The highest BCUT2D eigenvalue weighted by Crippen LogP contribution is 2.36. The summed E-state index contributed by atoms with van der Waals surface area (Å²) in [4.78, 5) is 28.5. The molecule has 3 aromatic carbocycles. The average Bonchev–Trinajstić information content (AvgIpc) is 3.02. The Morgan fingerprint density at radius 3 is 2.22 bits per heavy atom. The molecule has 5 nitrogen and oxygen atoms in total. The van der Waals surface area contributed by atoms with Gasteiger partial charge in [-0.05, 0) is 73.4 Å². The number of imide groups is 1. The van der Waals surface area contributed by atoms with Gasteiger partial charge < -0.3 is 10.1 Å². The van der Waals surface area contributed by atoms with Gasteiger partial charge in [0, 0.05) is 10.7 Å². The van der Waals surface area contributed by atoms with Crippen LogP contribution in [-0.4, -0.2) is 18.9 Å². The number of anilines is 2. The van der Waals surface area contributed by atoms with E-state index >= 15 is 0 Å². The SMILES string of the molecule is COc1ccc(C2=C(Nc3cc(Cl)ccc3C)C(=O)N(c3cc(C)ccc3C)C2=O)cc1. The molecule has 0 saturated carbocycles. The van der Waals surface area contributed by atoms with Crippen LogP contribution in [0.3, 0.4) is 0 Å². The molecule has 1 aliphatic rings. The summed E-state index contributed by atoms with van der Waals surface area (Å²) in [7, 11) is 1.58. The van der Waals surface area contributed by atoms with Crippen LogP contribution in [0, 0.1) is 20.8 Å². The summed E-state index contributed by atoms with van der Waals surface area (Å²) in [6.07, 6.45) is 0. The first-order chi connectivity index (χ1) is 15.3. The van der Waals surface area contributed by atoms with Crippen molar-refractivity contribution >= 4 is 40.4 Å². The highest BCUT2D eigenvalue weighted by atomic mass is 35.5. The monoisotopic (exact) mass is 446 g/mol. The van der Waals surface area contributed by atoms with E-state index in [2.05, 4.69) is 5.32 Å². The predicted octanol–water partition coefficient (Wildman–Crippen LogP) is 5.67. The highest BCUT2D eigenvalue weighted by molar-refractivity contribution is 6.46. The van der Waals surface area contributed by atoms with Crippen LogP contribution in [0.25, 0.3) is 5.57 Å². The third-order valence-electron chi connectivity index (χ3n) is 5.53. The Morgan fingerprint density at radius 2 is 1.53 bits per heavy atom. The molecule has 1 heterocycles. The second-order valence-corrected chi connectivity index (χ2v) is 8.23. The first-order valence-electron chi connectivity index (χ1n) is 10.2. The van der Waals surface area contributed by atoms with E-state index in [-0.39, 0.29) is 11.6 Å². The van der Waals surface area contributed by atoms with Gasteiger partial charge in [-0.1, -0.05) is 41.9 Å². The highest BCUT2D eigenvalue weighted by Gasteiger charge is 2.41. The molecule has 1 N–H and O–H groups in total. The Balaban J connectivity index is 1.87. The number of nitrogens with zero attached hydrogens (tertiary/aromatic N) is 1. The number of hydrogen-bond acceptors (Lipinski definition) is 4. The maximum absolute atomic E-state index is 13.6. The van der Waals surface area contributed by atoms with Crippen LogP contribution in [-0.2, 0) is 9.59 Å². The van der Waals surface area contributed by atoms with Gasteiger partial charge >= 0.3 is 0 Å². The minimum Gasteiger partial charge on any atom is -0.497 e. The van der Waals surface area contributed by atoms with Crippen LogP contribution >= 0.6 is 11.6 Å². The zero-order chi connectivity index (χ0) is 23.0. The molecule has 2 amide bonds. The molecule has 0 bridgehead atoms. The molecule has 0 radical (unpaired) electrons. The molecule has 3 aromatic rings. The van der Waals surface area contributed by atoms with E-state index in [1.807, 2.05) is 45.0 Å². The normalized spacial score (nSPS) is 13.7. The summed E-state index contributed by atoms with van der Waals surface area (Å²) in [6, 6.07) is 18.2. The fourth-order valence-electron chi connectivity index (χ4n) is 3.71. The number of nitrogens with one attached hydrogen (secondary N) is 1. The van der Waals surface area contributed by atoms with Crippen LogP contribution in [0.15, 0.2) is 66.4 Å². The van der Waals surface area contributed by atoms with Crippen molar-refractivity contribution in [2.24, 2.45) is 0 Å². The van der Waals surface area contributed by atoms with Crippen molar-refractivity contribution in [3.8, 4) is 5.75 Å². The summed E-state index contributed by atoms with van der Waals surface area (Å²) in [5.41, 5.74) is 5.09. The minimum absolute atomic E-state index is 0.214. The largest absolute Gasteiger partial charge is 0.497 e. The summed E-state index contributed by atoms with van der Waals surface area (Å²) < 4.78 is 5.24. The van der Waals surface area contributed by atoms with Gasteiger partial charge in [-0.3, -0.25) is 9.59 Å². The van der Waals surface area contributed by atoms with Crippen molar-refractivity contribution in [3.05, 3.63) is 93.6 Å². The number of carbonyl (C=O) groups is 2. The van der Waals surface area contributed by atoms with Crippen LogP contribution in [0.5, 0.6) is 5.75 Å². The van der Waals surface area contributed by atoms with Crippen molar-refractivity contribution < 1.29 is 14.3 Å². The summed E-state index contributed by atoms with van der Waals surface area (Å²) in [5, 5.41) is 3.73. The lowest BCUT2D eigenvalue weighted by atomic mass is 10.0. The van der Waals surface area contributed by atoms with Crippen molar-refractivity contribution in [2.75, 3.05) is 17.3 Å². The van der Waals surface area contributed by atoms with Crippen molar-refractivity contribution in [1.82, 2.24) is 0 Å². The quantitative estimate of drug-likeness (QED) is 0.513. The molecule has 4 rings (SSSR count). The van der Waals surface area contributed by atoms with Crippen LogP contribution in [0.4, 0.5) is 11.4 Å². The van der Waals surface area contributed by atoms with E-state index in [1.54, 1.807) is 43.5 Å². The second kappa shape index (κ2) is 8.52. The van der Waals surface area contributed by atoms with Crippen LogP contribution < -0.4 is 15.0 Å². The zero-order valence-electron chi connectivity index (χ0n) is 18.3. The maximum Gasteiger partial charge on any atom is 0.282 e.